The summed E-state index contributed by atoms with van der Waals surface area (Å²) in [5.41, 5.74) is 4.50. The molecule has 0 saturated heterocycles. The molecule has 0 aromatic heterocycles. The Morgan fingerprint density at radius 3 is 2.67 bits per heavy atom. The van der Waals surface area contributed by atoms with Gasteiger partial charge in [-0.2, -0.15) is 0 Å². The lowest BCUT2D eigenvalue weighted by Crippen LogP contribution is -2.39. The molecule has 1 aliphatic rings. The van der Waals surface area contributed by atoms with Crippen LogP contribution in [0.5, 0.6) is 0 Å². The van der Waals surface area contributed by atoms with E-state index >= 15 is 0 Å². The first kappa shape index (κ1) is 13.8. The fraction of sp³-hybridized carbons (Fsp3) is 0.278. The number of hydrogen-bond acceptors (Lipinski definition) is 2. The maximum absolute atomic E-state index is 11.8. The molecular formula is C18H19NO2. The van der Waals surface area contributed by atoms with E-state index in [0.717, 1.165) is 24.1 Å². The number of aliphatic carboxylic acids is 1. The normalized spacial score (nSPS) is 18.2. The van der Waals surface area contributed by atoms with Crippen LogP contribution in [0.2, 0.25) is 0 Å². The first-order valence-electron chi connectivity index (χ1n) is 7.26. The molecule has 1 atom stereocenters. The summed E-state index contributed by atoms with van der Waals surface area (Å²) in [7, 11) is 0. The number of carboxylic acid groups (broad SMARTS) is 1. The topological polar surface area (TPSA) is 40.5 Å². The SMILES string of the molecule is Cc1ccccc1CN1CCc2ccccc2C1C(=O)O. The second-order valence-corrected chi connectivity index (χ2v) is 5.59. The van der Waals surface area contributed by atoms with Gasteiger partial charge in [0.05, 0.1) is 0 Å². The highest BCUT2D eigenvalue weighted by Crippen LogP contribution is 2.31. The van der Waals surface area contributed by atoms with Gasteiger partial charge in [-0.25, -0.2) is 0 Å². The molecule has 108 valence electrons. The summed E-state index contributed by atoms with van der Waals surface area (Å²) in [4.78, 5) is 13.8. The number of nitrogens with zero attached hydrogens (tertiary/aromatic N) is 1. The standard InChI is InChI=1S/C18H19NO2/c1-13-6-2-3-8-15(13)12-19-11-10-14-7-4-5-9-16(14)17(19)18(20)21/h2-9,17H,10-12H2,1H3,(H,20,21). The Morgan fingerprint density at radius 1 is 1.19 bits per heavy atom. The third-order valence-corrected chi connectivity index (χ3v) is 4.25. The molecule has 0 radical (unpaired) electrons. The molecular weight excluding hydrogens is 262 g/mol. The highest BCUT2D eigenvalue weighted by molar-refractivity contribution is 5.76. The number of aryl methyl sites for hydroxylation is 1. The molecule has 1 heterocycles. The number of fused-ring (bicyclic) bond motifs is 1. The Hall–Kier alpha value is -2.13. The average molecular weight is 281 g/mol. The van der Waals surface area contributed by atoms with Gasteiger partial charge in [0.2, 0.25) is 0 Å². The maximum Gasteiger partial charge on any atom is 0.325 e. The van der Waals surface area contributed by atoms with E-state index in [-0.39, 0.29) is 0 Å². The molecule has 21 heavy (non-hydrogen) atoms. The zero-order valence-electron chi connectivity index (χ0n) is 12.1. The minimum absolute atomic E-state index is 0.547. The van der Waals surface area contributed by atoms with Crippen LogP contribution in [0.3, 0.4) is 0 Å². The van der Waals surface area contributed by atoms with E-state index in [4.69, 9.17) is 0 Å². The van der Waals surface area contributed by atoms with Crippen LogP contribution in [-0.2, 0) is 17.8 Å². The molecule has 0 saturated carbocycles. The van der Waals surface area contributed by atoms with E-state index in [1.807, 2.05) is 36.4 Å². The van der Waals surface area contributed by atoms with Gasteiger partial charge >= 0.3 is 5.97 Å². The molecule has 0 spiro atoms. The summed E-state index contributed by atoms with van der Waals surface area (Å²) in [6.07, 6.45) is 0.909. The molecule has 1 aliphatic heterocycles. The van der Waals surface area contributed by atoms with E-state index in [1.54, 1.807) is 0 Å². The van der Waals surface area contributed by atoms with Crippen LogP contribution in [0.25, 0.3) is 0 Å². The summed E-state index contributed by atoms with van der Waals surface area (Å²) in [5.74, 6) is -0.768. The van der Waals surface area contributed by atoms with Crippen LogP contribution in [0.1, 0.15) is 28.3 Å². The molecule has 3 heteroatoms. The Balaban J connectivity index is 1.93. The molecule has 2 aromatic rings. The summed E-state index contributed by atoms with van der Waals surface area (Å²) in [5, 5.41) is 9.66. The summed E-state index contributed by atoms with van der Waals surface area (Å²) in [6, 6.07) is 15.5. The van der Waals surface area contributed by atoms with E-state index in [2.05, 4.69) is 24.0 Å². The molecule has 3 rings (SSSR count). The van der Waals surface area contributed by atoms with Gasteiger partial charge in [-0.3, -0.25) is 9.69 Å². The lowest BCUT2D eigenvalue weighted by atomic mass is 9.92. The Bertz CT molecular complexity index is 666. The van der Waals surface area contributed by atoms with Gasteiger partial charge in [0.25, 0.3) is 0 Å². The molecule has 0 amide bonds. The smallest absolute Gasteiger partial charge is 0.325 e. The van der Waals surface area contributed by atoms with Crippen molar-refractivity contribution in [1.82, 2.24) is 4.90 Å². The number of benzene rings is 2. The fourth-order valence-corrected chi connectivity index (χ4v) is 3.08. The van der Waals surface area contributed by atoms with Crippen LogP contribution < -0.4 is 0 Å². The molecule has 3 nitrogen and oxygen atoms in total. The molecule has 1 N–H and O–H groups in total. The average Bonchev–Trinajstić information content (AvgIpc) is 2.49. The van der Waals surface area contributed by atoms with Crippen molar-refractivity contribution in [2.75, 3.05) is 6.54 Å². The Morgan fingerprint density at radius 2 is 1.90 bits per heavy atom. The van der Waals surface area contributed by atoms with E-state index in [9.17, 15) is 9.90 Å². The van der Waals surface area contributed by atoms with Crippen molar-refractivity contribution in [1.29, 1.82) is 0 Å². The van der Waals surface area contributed by atoms with Crippen molar-refractivity contribution in [2.45, 2.75) is 25.9 Å². The molecule has 0 fully saturated rings. The van der Waals surface area contributed by atoms with E-state index < -0.39 is 12.0 Å². The molecule has 1 unspecified atom stereocenters. The zero-order chi connectivity index (χ0) is 14.8. The number of carboxylic acids is 1. The van der Waals surface area contributed by atoms with Crippen molar-refractivity contribution in [3.63, 3.8) is 0 Å². The minimum atomic E-state index is -0.768. The van der Waals surface area contributed by atoms with Gasteiger partial charge < -0.3 is 5.11 Å². The van der Waals surface area contributed by atoms with Crippen LogP contribution in [0.4, 0.5) is 0 Å². The summed E-state index contributed by atoms with van der Waals surface area (Å²) < 4.78 is 0. The van der Waals surface area contributed by atoms with Crippen molar-refractivity contribution in [3.05, 3.63) is 70.8 Å². The second-order valence-electron chi connectivity index (χ2n) is 5.59. The molecule has 0 aliphatic carbocycles. The first-order chi connectivity index (χ1) is 10.2. The van der Waals surface area contributed by atoms with Crippen LogP contribution >= 0.6 is 0 Å². The molecule has 2 aromatic carbocycles. The van der Waals surface area contributed by atoms with Crippen molar-refractivity contribution in [3.8, 4) is 0 Å². The van der Waals surface area contributed by atoms with Gasteiger partial charge in [-0.1, -0.05) is 48.5 Å². The quantitative estimate of drug-likeness (QED) is 0.939. The Labute approximate surface area is 124 Å². The third-order valence-electron chi connectivity index (χ3n) is 4.25. The fourth-order valence-electron chi connectivity index (χ4n) is 3.08. The second kappa shape index (κ2) is 5.70. The number of carbonyl (C=O) groups is 1. The van der Waals surface area contributed by atoms with Crippen molar-refractivity contribution in [2.24, 2.45) is 0 Å². The third kappa shape index (κ3) is 2.69. The minimum Gasteiger partial charge on any atom is -0.480 e. The summed E-state index contributed by atoms with van der Waals surface area (Å²) in [6.45, 7) is 3.53. The van der Waals surface area contributed by atoms with Crippen molar-refractivity contribution >= 4 is 5.97 Å². The largest absolute Gasteiger partial charge is 0.480 e. The summed E-state index contributed by atoms with van der Waals surface area (Å²) >= 11 is 0. The van der Waals surface area contributed by atoms with Crippen LogP contribution in [0, 0.1) is 6.92 Å². The van der Waals surface area contributed by atoms with Crippen LogP contribution in [-0.4, -0.2) is 22.5 Å². The van der Waals surface area contributed by atoms with Gasteiger partial charge in [0, 0.05) is 13.1 Å². The predicted molar refractivity (Wildman–Crippen MR) is 82.1 cm³/mol. The van der Waals surface area contributed by atoms with Gasteiger partial charge in [0.15, 0.2) is 0 Å². The van der Waals surface area contributed by atoms with Crippen molar-refractivity contribution < 1.29 is 9.90 Å². The van der Waals surface area contributed by atoms with Gasteiger partial charge in [0.1, 0.15) is 6.04 Å². The lowest BCUT2D eigenvalue weighted by Gasteiger charge is -2.35. The number of hydrogen-bond donors (Lipinski definition) is 1. The number of rotatable bonds is 3. The van der Waals surface area contributed by atoms with E-state index in [0.29, 0.717) is 6.54 Å². The zero-order valence-corrected chi connectivity index (χ0v) is 12.1. The van der Waals surface area contributed by atoms with Gasteiger partial charge in [-0.15, -0.1) is 0 Å². The highest BCUT2D eigenvalue weighted by atomic mass is 16.4. The van der Waals surface area contributed by atoms with E-state index in [1.165, 1.54) is 11.1 Å². The Kier molecular flexibility index (Phi) is 3.76. The maximum atomic E-state index is 11.8. The molecule has 0 bridgehead atoms. The monoisotopic (exact) mass is 281 g/mol. The highest BCUT2D eigenvalue weighted by Gasteiger charge is 2.32. The lowest BCUT2D eigenvalue weighted by molar-refractivity contribution is -0.144. The van der Waals surface area contributed by atoms with Crippen LogP contribution in [0.15, 0.2) is 48.5 Å². The van der Waals surface area contributed by atoms with Gasteiger partial charge in [-0.05, 0) is 35.6 Å². The first-order valence-corrected chi connectivity index (χ1v) is 7.26. The predicted octanol–water partition coefficient (Wildman–Crippen LogP) is 3.18.